The lowest BCUT2D eigenvalue weighted by molar-refractivity contribution is 1.25. The van der Waals surface area contributed by atoms with Gasteiger partial charge in [-0.3, -0.25) is 0 Å². The van der Waals surface area contributed by atoms with Gasteiger partial charge >= 0.3 is 0 Å². The Kier molecular flexibility index (Phi) is 6.99. The molecule has 1 heteroatoms. The molecule has 0 aliphatic carbocycles. The molecule has 1 nitrogen and oxygen atoms in total. The normalized spacial score (nSPS) is 11.5. The zero-order valence-electron chi connectivity index (χ0n) is 27.7. The fourth-order valence-electron chi connectivity index (χ4n) is 7.80. The molecule has 0 atom stereocenters. The summed E-state index contributed by atoms with van der Waals surface area (Å²) >= 11 is 0. The number of hydrogen-bond acceptors (Lipinski definition) is 1. The molecule has 0 radical (unpaired) electrons. The number of fused-ring (bicyclic) bond motifs is 6. The van der Waals surface area contributed by atoms with Crippen LogP contribution in [0, 0.1) is 13.8 Å². The van der Waals surface area contributed by atoms with E-state index < -0.39 is 0 Å². The summed E-state index contributed by atoms with van der Waals surface area (Å²) in [6, 6.07) is 64.5. The van der Waals surface area contributed by atoms with Gasteiger partial charge in [-0.1, -0.05) is 127 Å². The van der Waals surface area contributed by atoms with Gasteiger partial charge in [-0.25, -0.2) is 0 Å². The van der Waals surface area contributed by atoms with E-state index in [1.807, 2.05) is 0 Å². The molecule has 0 heterocycles. The fraction of sp³-hybridized carbons (Fsp3) is 0.0417. The molecule has 0 saturated carbocycles. The Morgan fingerprint density at radius 2 is 0.857 bits per heavy atom. The van der Waals surface area contributed by atoms with Gasteiger partial charge in [0.05, 0.1) is 0 Å². The lowest BCUT2D eigenvalue weighted by Gasteiger charge is -2.26. The third-order valence-corrected chi connectivity index (χ3v) is 9.86. The second-order valence-corrected chi connectivity index (χ2v) is 13.1. The van der Waals surface area contributed by atoms with Crippen LogP contribution in [0.3, 0.4) is 0 Å². The number of anilines is 3. The molecule has 0 saturated heterocycles. The molecule has 49 heavy (non-hydrogen) atoms. The summed E-state index contributed by atoms with van der Waals surface area (Å²) in [5, 5.41) is 10.2. The zero-order chi connectivity index (χ0) is 32.9. The van der Waals surface area contributed by atoms with Crippen LogP contribution in [0.5, 0.6) is 0 Å². The molecule has 232 valence electrons. The van der Waals surface area contributed by atoms with Crippen molar-refractivity contribution in [2.75, 3.05) is 4.90 Å². The summed E-state index contributed by atoms with van der Waals surface area (Å²) in [6.45, 7) is 4.34. The van der Waals surface area contributed by atoms with Gasteiger partial charge in [0.2, 0.25) is 0 Å². The minimum absolute atomic E-state index is 1.13. The summed E-state index contributed by atoms with van der Waals surface area (Å²) < 4.78 is 0. The fourth-order valence-corrected chi connectivity index (χ4v) is 7.80. The maximum atomic E-state index is 2.42. The van der Waals surface area contributed by atoms with Crippen LogP contribution < -0.4 is 4.90 Å². The van der Waals surface area contributed by atoms with Gasteiger partial charge in [0.25, 0.3) is 0 Å². The number of aryl methyl sites for hydroxylation is 2. The molecule has 0 fully saturated rings. The molecule has 0 N–H and O–H groups in total. The van der Waals surface area contributed by atoms with Gasteiger partial charge in [0, 0.05) is 17.1 Å². The van der Waals surface area contributed by atoms with Crippen molar-refractivity contribution in [3.05, 3.63) is 187 Å². The second kappa shape index (κ2) is 11.8. The Bertz CT molecular complexity index is 2640. The van der Waals surface area contributed by atoms with Crippen molar-refractivity contribution >= 4 is 60.2 Å². The van der Waals surface area contributed by atoms with Gasteiger partial charge in [-0.05, 0) is 139 Å². The van der Waals surface area contributed by atoms with E-state index in [0.717, 1.165) is 11.4 Å². The topological polar surface area (TPSA) is 3.24 Å². The Labute approximate surface area is 287 Å². The number of hydrogen-bond donors (Lipinski definition) is 0. The Morgan fingerprint density at radius 1 is 0.327 bits per heavy atom. The van der Waals surface area contributed by atoms with Crippen molar-refractivity contribution in [2.24, 2.45) is 0 Å². The Morgan fingerprint density at radius 3 is 1.55 bits per heavy atom. The van der Waals surface area contributed by atoms with Crippen molar-refractivity contribution in [2.45, 2.75) is 13.8 Å². The lowest BCUT2D eigenvalue weighted by atomic mass is 9.86. The molecule has 9 aromatic carbocycles. The molecule has 9 aromatic rings. The van der Waals surface area contributed by atoms with Crippen LogP contribution >= 0.6 is 0 Å². The van der Waals surface area contributed by atoms with Crippen LogP contribution in [0.15, 0.2) is 176 Å². The number of rotatable bonds is 5. The smallest absolute Gasteiger partial charge is 0.0466 e. The summed E-state index contributed by atoms with van der Waals surface area (Å²) in [5.41, 5.74) is 10.9. The average Bonchev–Trinajstić information content (AvgIpc) is 3.14. The minimum Gasteiger partial charge on any atom is -0.310 e. The third-order valence-electron chi connectivity index (χ3n) is 9.86. The first-order chi connectivity index (χ1) is 24.1. The molecule has 0 aliphatic heterocycles. The van der Waals surface area contributed by atoms with Crippen molar-refractivity contribution < 1.29 is 0 Å². The number of benzene rings is 9. The summed E-state index contributed by atoms with van der Waals surface area (Å²) in [5.74, 6) is 0. The molecular formula is C48H35N. The molecular weight excluding hydrogens is 591 g/mol. The van der Waals surface area contributed by atoms with Crippen molar-refractivity contribution in [3.8, 4) is 22.3 Å². The van der Waals surface area contributed by atoms with Crippen molar-refractivity contribution in [3.63, 3.8) is 0 Å². The van der Waals surface area contributed by atoms with E-state index in [0.29, 0.717) is 0 Å². The first-order valence-electron chi connectivity index (χ1n) is 17.0. The molecule has 0 spiro atoms. The first kappa shape index (κ1) is 29.0. The molecule has 9 rings (SSSR count). The van der Waals surface area contributed by atoms with Gasteiger partial charge < -0.3 is 4.90 Å². The Balaban J connectivity index is 1.25. The molecule has 0 bridgehead atoms. The van der Waals surface area contributed by atoms with Gasteiger partial charge in [0.15, 0.2) is 0 Å². The minimum atomic E-state index is 1.13. The average molecular weight is 626 g/mol. The van der Waals surface area contributed by atoms with E-state index in [2.05, 4.69) is 195 Å². The first-order valence-corrected chi connectivity index (χ1v) is 17.0. The quantitative estimate of drug-likeness (QED) is 0.172. The highest BCUT2D eigenvalue weighted by atomic mass is 15.1. The largest absolute Gasteiger partial charge is 0.310 e. The molecule has 0 aliphatic rings. The number of para-hydroxylation sites is 1. The summed E-state index contributed by atoms with van der Waals surface area (Å²) in [4.78, 5) is 2.35. The molecule has 0 unspecified atom stereocenters. The highest BCUT2D eigenvalue weighted by Crippen LogP contribution is 2.44. The van der Waals surface area contributed by atoms with Crippen LogP contribution in [0.1, 0.15) is 11.1 Å². The Hall–Kier alpha value is -6.18. The third kappa shape index (κ3) is 5.03. The van der Waals surface area contributed by atoms with E-state index >= 15 is 0 Å². The maximum Gasteiger partial charge on any atom is 0.0466 e. The van der Waals surface area contributed by atoms with E-state index in [1.165, 1.54) is 82.2 Å². The van der Waals surface area contributed by atoms with Crippen LogP contribution in [0.2, 0.25) is 0 Å². The maximum absolute atomic E-state index is 2.42. The molecule has 0 aromatic heterocycles. The highest BCUT2D eigenvalue weighted by molar-refractivity contribution is 6.26. The SMILES string of the molecule is Cc1cc(C)cc(N(c2ccccc2)c2ccc(-c3cc4cc(-c5cccc6ccccc56)c5ccccc5c4c4ccccc34)cc2)c1. The predicted octanol–water partition coefficient (Wildman–Crippen LogP) is 13.7. The molecule has 0 amide bonds. The standard InChI is InChI=1S/C48H35N/c1-32-27-33(2)29-39(28-32)49(37-15-4-3-5-16-37)38-25-23-35(24-26-38)46-30-36-31-47(41-22-12-14-34-13-6-7-17-40(34)41)43-19-9-11-21-45(43)48(36)44-20-10-8-18-42(44)46/h3-31H,1-2H3. The second-order valence-electron chi connectivity index (χ2n) is 13.1. The van der Waals surface area contributed by atoms with Gasteiger partial charge in [-0.15, -0.1) is 0 Å². The van der Waals surface area contributed by atoms with Crippen molar-refractivity contribution in [1.82, 2.24) is 0 Å². The highest BCUT2D eigenvalue weighted by Gasteiger charge is 2.17. The van der Waals surface area contributed by atoms with E-state index in [1.54, 1.807) is 0 Å². The van der Waals surface area contributed by atoms with Gasteiger partial charge in [-0.2, -0.15) is 0 Å². The van der Waals surface area contributed by atoms with Crippen LogP contribution in [0.25, 0.3) is 65.3 Å². The monoisotopic (exact) mass is 625 g/mol. The van der Waals surface area contributed by atoms with Crippen LogP contribution in [-0.4, -0.2) is 0 Å². The van der Waals surface area contributed by atoms with Crippen LogP contribution in [0.4, 0.5) is 17.1 Å². The summed E-state index contributed by atoms with van der Waals surface area (Å²) in [7, 11) is 0. The van der Waals surface area contributed by atoms with E-state index in [9.17, 15) is 0 Å². The number of nitrogens with zero attached hydrogens (tertiary/aromatic N) is 1. The summed E-state index contributed by atoms with van der Waals surface area (Å²) in [6.07, 6.45) is 0. The van der Waals surface area contributed by atoms with Crippen molar-refractivity contribution in [1.29, 1.82) is 0 Å². The predicted molar refractivity (Wildman–Crippen MR) is 211 cm³/mol. The lowest BCUT2D eigenvalue weighted by Crippen LogP contribution is -2.10. The zero-order valence-corrected chi connectivity index (χ0v) is 27.7. The van der Waals surface area contributed by atoms with Crippen LogP contribution in [-0.2, 0) is 0 Å². The van der Waals surface area contributed by atoms with E-state index in [4.69, 9.17) is 0 Å². The van der Waals surface area contributed by atoms with Gasteiger partial charge in [0.1, 0.15) is 0 Å². The van der Waals surface area contributed by atoms with E-state index in [-0.39, 0.29) is 0 Å².